The quantitative estimate of drug-likeness (QED) is 0.491. The minimum absolute atomic E-state index is 0.950. The molecule has 0 amide bonds. The van der Waals surface area contributed by atoms with Crippen molar-refractivity contribution in [3.8, 4) is 28.2 Å². The minimum atomic E-state index is 0.950. The average molecular weight is 339 g/mol. The van der Waals surface area contributed by atoms with Gasteiger partial charge in [0, 0.05) is 35.9 Å². The zero-order valence-corrected chi connectivity index (χ0v) is 15.3. The normalized spacial score (nSPS) is 10.9. The maximum Gasteiger partial charge on any atom is 0.144 e. The Morgan fingerprint density at radius 2 is 1.50 bits per heavy atom. The topological polar surface area (TPSA) is 30.7 Å². The maximum atomic E-state index is 4.65. The van der Waals surface area contributed by atoms with E-state index >= 15 is 0 Å². The van der Waals surface area contributed by atoms with Crippen LogP contribution in [-0.4, -0.2) is 14.5 Å². The first kappa shape index (κ1) is 16.3. The van der Waals surface area contributed by atoms with Gasteiger partial charge in [0.25, 0.3) is 0 Å². The molecular weight excluding hydrogens is 318 g/mol. The Morgan fingerprint density at radius 1 is 0.769 bits per heavy atom. The fraction of sp³-hybridized carbons (Fsp3) is 0.130. The molecule has 0 aliphatic carbocycles. The predicted molar refractivity (Wildman–Crippen MR) is 106 cm³/mol. The van der Waals surface area contributed by atoms with E-state index in [1.807, 2.05) is 24.7 Å². The van der Waals surface area contributed by atoms with Crippen LogP contribution in [0.5, 0.6) is 0 Å². The summed E-state index contributed by atoms with van der Waals surface area (Å²) in [6, 6.07) is 16.9. The Bertz CT molecular complexity index is 1040. The third-order valence-electron chi connectivity index (χ3n) is 4.63. The number of hydrogen-bond acceptors (Lipinski definition) is 2. The summed E-state index contributed by atoms with van der Waals surface area (Å²) in [4.78, 5) is 8.88. The van der Waals surface area contributed by atoms with E-state index in [1.165, 1.54) is 22.4 Å². The summed E-state index contributed by atoms with van der Waals surface area (Å²) in [6.45, 7) is 6.45. The molecule has 2 aromatic carbocycles. The van der Waals surface area contributed by atoms with Crippen LogP contribution in [0.3, 0.4) is 0 Å². The van der Waals surface area contributed by atoms with Crippen molar-refractivity contribution in [1.82, 2.24) is 14.5 Å². The van der Waals surface area contributed by atoms with Crippen LogP contribution in [0.15, 0.2) is 73.3 Å². The van der Waals surface area contributed by atoms with Crippen molar-refractivity contribution >= 4 is 0 Å². The Hall–Kier alpha value is -3.20. The largest absolute Gasteiger partial charge is 0.299 e. The van der Waals surface area contributed by atoms with Crippen LogP contribution in [0, 0.1) is 20.8 Å². The molecule has 2 heterocycles. The zero-order valence-electron chi connectivity index (χ0n) is 15.3. The van der Waals surface area contributed by atoms with Crippen molar-refractivity contribution in [3.05, 3.63) is 90.0 Å². The van der Waals surface area contributed by atoms with Gasteiger partial charge >= 0.3 is 0 Å². The zero-order chi connectivity index (χ0) is 18.1. The lowest BCUT2D eigenvalue weighted by atomic mass is 10.0. The highest BCUT2D eigenvalue weighted by Crippen LogP contribution is 2.29. The number of nitrogens with zero attached hydrogens (tertiary/aromatic N) is 3. The molecule has 0 saturated heterocycles. The molecule has 0 saturated carbocycles. The lowest BCUT2D eigenvalue weighted by Crippen LogP contribution is -2.02. The molecule has 0 unspecified atom stereocenters. The van der Waals surface area contributed by atoms with E-state index in [0.29, 0.717) is 0 Å². The molecule has 0 aliphatic rings. The Morgan fingerprint density at radius 3 is 2.23 bits per heavy atom. The third kappa shape index (κ3) is 2.92. The van der Waals surface area contributed by atoms with Gasteiger partial charge in [-0.2, -0.15) is 0 Å². The first-order chi connectivity index (χ1) is 12.6. The molecule has 4 rings (SSSR count). The van der Waals surface area contributed by atoms with Crippen LogP contribution in [0.25, 0.3) is 28.2 Å². The molecule has 0 spiro atoms. The van der Waals surface area contributed by atoms with Gasteiger partial charge < -0.3 is 0 Å². The molecule has 3 heteroatoms. The lowest BCUT2D eigenvalue weighted by Gasteiger charge is -2.15. The number of imidazole rings is 1. The second kappa shape index (κ2) is 6.60. The highest BCUT2D eigenvalue weighted by atomic mass is 15.1. The smallest absolute Gasteiger partial charge is 0.144 e. The number of pyridine rings is 1. The van der Waals surface area contributed by atoms with E-state index in [4.69, 9.17) is 0 Å². The number of rotatable bonds is 3. The van der Waals surface area contributed by atoms with Gasteiger partial charge in [0.2, 0.25) is 0 Å². The molecule has 0 N–H and O–H groups in total. The van der Waals surface area contributed by atoms with Crippen LogP contribution >= 0.6 is 0 Å². The summed E-state index contributed by atoms with van der Waals surface area (Å²) in [5.41, 5.74) is 8.34. The van der Waals surface area contributed by atoms with E-state index in [0.717, 1.165) is 22.5 Å². The fourth-order valence-electron chi connectivity index (χ4n) is 3.62. The van der Waals surface area contributed by atoms with Crippen LogP contribution in [0.1, 0.15) is 16.7 Å². The highest BCUT2D eigenvalue weighted by molar-refractivity contribution is 5.71. The second-order valence-corrected chi connectivity index (χ2v) is 6.69. The summed E-state index contributed by atoms with van der Waals surface area (Å²) in [5, 5.41) is 0. The van der Waals surface area contributed by atoms with Gasteiger partial charge in [-0.15, -0.1) is 0 Å². The number of benzene rings is 2. The van der Waals surface area contributed by atoms with Crippen molar-refractivity contribution in [1.29, 1.82) is 0 Å². The van der Waals surface area contributed by atoms with Gasteiger partial charge in [0.05, 0.1) is 5.69 Å². The Kier molecular flexibility index (Phi) is 4.13. The monoisotopic (exact) mass is 339 g/mol. The van der Waals surface area contributed by atoms with Gasteiger partial charge in [-0.3, -0.25) is 9.55 Å². The first-order valence-electron chi connectivity index (χ1n) is 8.76. The summed E-state index contributed by atoms with van der Waals surface area (Å²) >= 11 is 0. The van der Waals surface area contributed by atoms with Crippen LogP contribution in [0.4, 0.5) is 0 Å². The molecule has 128 valence electrons. The first-order valence-corrected chi connectivity index (χ1v) is 8.76. The summed E-state index contributed by atoms with van der Waals surface area (Å²) in [6.07, 6.45) is 7.59. The maximum absolute atomic E-state index is 4.65. The molecule has 3 nitrogen and oxygen atoms in total. The standard InChI is InChI=1S/C23H21N3/c1-16-12-17(2)22(18(3)13-16)26-11-10-25-23(26)20-7-4-6-19(14-20)21-8-5-9-24-15-21/h4-15H,1-3H3. The predicted octanol–water partition coefficient (Wildman–Crippen LogP) is 5.53. The summed E-state index contributed by atoms with van der Waals surface area (Å²) < 4.78 is 2.19. The highest BCUT2D eigenvalue weighted by Gasteiger charge is 2.13. The van der Waals surface area contributed by atoms with Gasteiger partial charge in [0.15, 0.2) is 0 Å². The van der Waals surface area contributed by atoms with Crippen molar-refractivity contribution in [2.75, 3.05) is 0 Å². The molecule has 2 aromatic heterocycles. The van der Waals surface area contributed by atoms with Gasteiger partial charge in [-0.05, 0) is 49.6 Å². The van der Waals surface area contributed by atoms with E-state index in [-0.39, 0.29) is 0 Å². The number of hydrogen-bond donors (Lipinski definition) is 0. The summed E-state index contributed by atoms with van der Waals surface area (Å²) in [5.74, 6) is 0.950. The Balaban J connectivity index is 1.84. The minimum Gasteiger partial charge on any atom is -0.299 e. The number of aromatic nitrogens is 3. The average Bonchev–Trinajstić information content (AvgIpc) is 3.11. The molecule has 0 aliphatic heterocycles. The molecule has 0 fully saturated rings. The molecule has 0 bridgehead atoms. The van der Waals surface area contributed by atoms with Gasteiger partial charge in [-0.25, -0.2) is 4.98 Å². The molecular formula is C23H21N3. The van der Waals surface area contributed by atoms with Crippen LogP contribution < -0.4 is 0 Å². The van der Waals surface area contributed by atoms with Crippen molar-refractivity contribution in [3.63, 3.8) is 0 Å². The summed E-state index contributed by atoms with van der Waals surface area (Å²) in [7, 11) is 0. The number of aryl methyl sites for hydroxylation is 3. The second-order valence-electron chi connectivity index (χ2n) is 6.69. The van der Waals surface area contributed by atoms with E-state index < -0.39 is 0 Å². The van der Waals surface area contributed by atoms with E-state index in [2.05, 4.69) is 77.8 Å². The van der Waals surface area contributed by atoms with Crippen molar-refractivity contribution in [2.45, 2.75) is 20.8 Å². The Labute approximate surface area is 154 Å². The third-order valence-corrected chi connectivity index (χ3v) is 4.63. The van der Waals surface area contributed by atoms with Crippen molar-refractivity contribution in [2.24, 2.45) is 0 Å². The van der Waals surface area contributed by atoms with Crippen LogP contribution in [-0.2, 0) is 0 Å². The van der Waals surface area contributed by atoms with Crippen LogP contribution in [0.2, 0.25) is 0 Å². The van der Waals surface area contributed by atoms with E-state index in [9.17, 15) is 0 Å². The van der Waals surface area contributed by atoms with Gasteiger partial charge in [0.1, 0.15) is 5.82 Å². The van der Waals surface area contributed by atoms with Crippen molar-refractivity contribution < 1.29 is 0 Å². The van der Waals surface area contributed by atoms with E-state index in [1.54, 1.807) is 6.20 Å². The molecule has 0 atom stereocenters. The fourth-order valence-corrected chi connectivity index (χ4v) is 3.62. The SMILES string of the molecule is Cc1cc(C)c(-n2ccnc2-c2cccc(-c3cccnc3)c2)c(C)c1. The molecule has 4 aromatic rings. The van der Waals surface area contributed by atoms with Gasteiger partial charge in [-0.1, -0.05) is 42.0 Å². The molecule has 26 heavy (non-hydrogen) atoms. The molecule has 0 radical (unpaired) electrons. The lowest BCUT2D eigenvalue weighted by molar-refractivity contribution is 1.03.